The summed E-state index contributed by atoms with van der Waals surface area (Å²) in [7, 11) is 0. The third-order valence-corrected chi connectivity index (χ3v) is 4.88. The van der Waals surface area contributed by atoms with Gasteiger partial charge in [0.2, 0.25) is 5.91 Å². The van der Waals surface area contributed by atoms with Crippen molar-refractivity contribution in [2.45, 2.75) is 26.3 Å². The highest BCUT2D eigenvalue weighted by molar-refractivity contribution is 5.94. The number of likely N-dealkylation sites (tertiary alicyclic amines) is 1. The number of carbonyl (C=O) groups excluding carboxylic acids is 2. The summed E-state index contributed by atoms with van der Waals surface area (Å²) < 4.78 is 13.7. The number of piperidine rings is 1. The lowest BCUT2D eigenvalue weighted by atomic mass is 9.95. The Morgan fingerprint density at radius 3 is 2.46 bits per heavy atom. The third-order valence-electron chi connectivity index (χ3n) is 4.88. The van der Waals surface area contributed by atoms with Gasteiger partial charge >= 0.3 is 0 Å². The van der Waals surface area contributed by atoms with Gasteiger partial charge in [-0.05, 0) is 43.0 Å². The second-order valence-corrected chi connectivity index (χ2v) is 6.73. The maximum atomic E-state index is 13.7. The lowest BCUT2D eigenvalue weighted by Gasteiger charge is -2.31. The molecular weight excluding hydrogens is 331 g/mol. The number of rotatable bonds is 4. The minimum Gasteiger partial charge on any atom is -0.352 e. The smallest absolute Gasteiger partial charge is 0.253 e. The molecule has 3 rings (SSSR count). The van der Waals surface area contributed by atoms with Gasteiger partial charge in [0.05, 0.1) is 0 Å². The molecule has 5 heteroatoms. The zero-order chi connectivity index (χ0) is 18.5. The average molecular weight is 354 g/mol. The number of aryl methyl sites for hydroxylation is 1. The second kappa shape index (κ2) is 8.13. The minimum absolute atomic E-state index is 0.0299. The lowest BCUT2D eigenvalue weighted by molar-refractivity contribution is -0.126. The van der Waals surface area contributed by atoms with Crippen molar-refractivity contribution >= 4 is 11.8 Å². The largest absolute Gasteiger partial charge is 0.352 e. The van der Waals surface area contributed by atoms with Crippen LogP contribution in [-0.4, -0.2) is 29.8 Å². The van der Waals surface area contributed by atoms with Crippen LogP contribution in [0.4, 0.5) is 4.39 Å². The van der Waals surface area contributed by atoms with E-state index < -0.39 is 0 Å². The number of nitrogens with zero attached hydrogens (tertiary/aromatic N) is 1. The van der Waals surface area contributed by atoms with Crippen molar-refractivity contribution in [2.75, 3.05) is 13.1 Å². The van der Waals surface area contributed by atoms with E-state index >= 15 is 0 Å². The topological polar surface area (TPSA) is 49.4 Å². The Kier molecular flexibility index (Phi) is 5.66. The van der Waals surface area contributed by atoms with Crippen molar-refractivity contribution in [2.24, 2.45) is 5.92 Å². The van der Waals surface area contributed by atoms with Crippen LogP contribution < -0.4 is 5.32 Å². The first kappa shape index (κ1) is 18.1. The van der Waals surface area contributed by atoms with Gasteiger partial charge in [-0.3, -0.25) is 9.59 Å². The summed E-state index contributed by atoms with van der Waals surface area (Å²) in [6, 6.07) is 14.3. The molecule has 136 valence electrons. The Balaban J connectivity index is 1.51. The molecule has 1 N–H and O–H groups in total. The van der Waals surface area contributed by atoms with Gasteiger partial charge in [0.25, 0.3) is 5.91 Å². The van der Waals surface area contributed by atoms with E-state index in [0.29, 0.717) is 43.6 Å². The van der Waals surface area contributed by atoms with Crippen LogP contribution in [0.3, 0.4) is 0 Å². The maximum Gasteiger partial charge on any atom is 0.253 e. The average Bonchev–Trinajstić information content (AvgIpc) is 2.68. The standard InChI is InChI=1S/C21H23FN2O2/c1-15-7-8-18(13-19(15)22)21(26)24-11-9-17(10-12-24)20(25)23-14-16-5-3-2-4-6-16/h2-8,13,17H,9-12,14H2,1H3,(H,23,25). The summed E-state index contributed by atoms with van der Waals surface area (Å²) in [4.78, 5) is 26.5. The molecule has 0 atom stereocenters. The summed E-state index contributed by atoms with van der Waals surface area (Å²) in [6.45, 7) is 3.21. The second-order valence-electron chi connectivity index (χ2n) is 6.73. The van der Waals surface area contributed by atoms with Crippen LogP contribution in [0.1, 0.15) is 34.3 Å². The molecule has 1 aliphatic rings. The molecule has 0 aliphatic carbocycles. The van der Waals surface area contributed by atoms with Crippen molar-refractivity contribution < 1.29 is 14.0 Å². The van der Waals surface area contributed by atoms with Crippen molar-refractivity contribution in [3.63, 3.8) is 0 Å². The van der Waals surface area contributed by atoms with E-state index in [1.807, 2.05) is 30.3 Å². The van der Waals surface area contributed by atoms with Crippen molar-refractivity contribution in [3.8, 4) is 0 Å². The van der Waals surface area contributed by atoms with Crippen molar-refractivity contribution in [1.29, 1.82) is 0 Å². The quantitative estimate of drug-likeness (QED) is 0.916. The Hall–Kier alpha value is -2.69. The van der Waals surface area contributed by atoms with E-state index in [-0.39, 0.29) is 23.5 Å². The van der Waals surface area contributed by atoms with E-state index in [9.17, 15) is 14.0 Å². The maximum absolute atomic E-state index is 13.7. The molecule has 0 saturated carbocycles. The molecule has 0 spiro atoms. The highest BCUT2D eigenvalue weighted by Crippen LogP contribution is 2.20. The van der Waals surface area contributed by atoms with Gasteiger partial charge in [-0.2, -0.15) is 0 Å². The zero-order valence-corrected chi connectivity index (χ0v) is 14.9. The number of nitrogens with one attached hydrogen (secondary N) is 1. The highest BCUT2D eigenvalue weighted by Gasteiger charge is 2.27. The molecule has 2 aromatic rings. The predicted octanol–water partition coefficient (Wildman–Crippen LogP) is 3.30. The SMILES string of the molecule is Cc1ccc(C(=O)N2CCC(C(=O)NCc3ccccc3)CC2)cc1F. The van der Waals surface area contributed by atoms with Crippen LogP contribution in [-0.2, 0) is 11.3 Å². The Labute approximate surface area is 153 Å². The predicted molar refractivity (Wildman–Crippen MR) is 98.1 cm³/mol. The highest BCUT2D eigenvalue weighted by atomic mass is 19.1. The van der Waals surface area contributed by atoms with Gasteiger partial charge in [0, 0.05) is 31.1 Å². The molecule has 2 aromatic carbocycles. The Bertz CT molecular complexity index is 784. The molecule has 1 heterocycles. The normalized spacial score (nSPS) is 14.9. The fourth-order valence-corrected chi connectivity index (χ4v) is 3.18. The molecule has 1 saturated heterocycles. The van der Waals surface area contributed by atoms with Gasteiger partial charge in [-0.15, -0.1) is 0 Å². The Morgan fingerprint density at radius 2 is 1.81 bits per heavy atom. The fourth-order valence-electron chi connectivity index (χ4n) is 3.18. The van der Waals surface area contributed by atoms with Crippen LogP contribution in [0.25, 0.3) is 0 Å². The van der Waals surface area contributed by atoms with Crippen molar-refractivity contribution in [1.82, 2.24) is 10.2 Å². The lowest BCUT2D eigenvalue weighted by Crippen LogP contribution is -2.43. The van der Waals surface area contributed by atoms with Gasteiger partial charge in [0.1, 0.15) is 5.82 Å². The monoisotopic (exact) mass is 354 g/mol. The van der Waals surface area contributed by atoms with Crippen LogP contribution in [0.5, 0.6) is 0 Å². The van der Waals surface area contributed by atoms with Gasteiger partial charge in [0.15, 0.2) is 0 Å². The fraction of sp³-hybridized carbons (Fsp3) is 0.333. The van der Waals surface area contributed by atoms with E-state index in [0.717, 1.165) is 5.56 Å². The van der Waals surface area contributed by atoms with Crippen LogP contribution >= 0.6 is 0 Å². The third kappa shape index (κ3) is 4.28. The summed E-state index contributed by atoms with van der Waals surface area (Å²) in [5, 5.41) is 2.97. The molecule has 26 heavy (non-hydrogen) atoms. The summed E-state index contributed by atoms with van der Waals surface area (Å²) in [6.07, 6.45) is 1.25. The van der Waals surface area contributed by atoms with Crippen molar-refractivity contribution in [3.05, 3.63) is 71.0 Å². The first-order chi connectivity index (χ1) is 12.5. The van der Waals surface area contributed by atoms with Gasteiger partial charge in [-0.25, -0.2) is 4.39 Å². The number of halogens is 1. The zero-order valence-electron chi connectivity index (χ0n) is 14.9. The molecule has 2 amide bonds. The number of amides is 2. The number of hydrogen-bond acceptors (Lipinski definition) is 2. The molecule has 0 radical (unpaired) electrons. The minimum atomic E-state index is -0.369. The number of benzene rings is 2. The number of carbonyl (C=O) groups is 2. The van der Waals surface area contributed by atoms with E-state index in [2.05, 4.69) is 5.32 Å². The first-order valence-corrected chi connectivity index (χ1v) is 8.91. The van der Waals surface area contributed by atoms with E-state index in [1.165, 1.54) is 6.07 Å². The molecule has 1 aliphatic heterocycles. The number of hydrogen-bond donors (Lipinski definition) is 1. The van der Waals surface area contributed by atoms with Gasteiger partial charge in [-0.1, -0.05) is 36.4 Å². The van der Waals surface area contributed by atoms with E-state index in [4.69, 9.17) is 0 Å². The molecule has 0 bridgehead atoms. The Morgan fingerprint density at radius 1 is 1.12 bits per heavy atom. The van der Waals surface area contributed by atoms with Crippen LogP contribution in [0.2, 0.25) is 0 Å². The molecule has 0 aromatic heterocycles. The summed E-state index contributed by atoms with van der Waals surface area (Å²) in [5.74, 6) is -0.599. The summed E-state index contributed by atoms with van der Waals surface area (Å²) in [5.41, 5.74) is 1.95. The molecule has 4 nitrogen and oxygen atoms in total. The molecule has 0 unspecified atom stereocenters. The van der Waals surface area contributed by atoms with Crippen LogP contribution in [0, 0.1) is 18.7 Å². The van der Waals surface area contributed by atoms with Crippen LogP contribution in [0.15, 0.2) is 48.5 Å². The summed E-state index contributed by atoms with van der Waals surface area (Å²) >= 11 is 0. The first-order valence-electron chi connectivity index (χ1n) is 8.91. The van der Waals surface area contributed by atoms with E-state index in [1.54, 1.807) is 24.0 Å². The van der Waals surface area contributed by atoms with Gasteiger partial charge < -0.3 is 10.2 Å². The molecular formula is C21H23FN2O2. The molecule has 1 fully saturated rings.